The molecule has 0 bridgehead atoms. The molecule has 2 N–H and O–H groups in total. The first-order chi connectivity index (χ1) is 13.7. The zero-order valence-corrected chi connectivity index (χ0v) is 14.9. The minimum atomic E-state index is -1.75. The molecular formula is C22H16BN3O2. The van der Waals surface area contributed by atoms with Crippen LogP contribution in [0.5, 0.6) is 0 Å². The number of nitrogens with zero attached hydrogens (tertiary/aromatic N) is 3. The molecule has 0 saturated heterocycles. The fraction of sp³-hybridized carbons (Fsp3) is 0. The summed E-state index contributed by atoms with van der Waals surface area (Å²) in [5.41, 5.74) is 3.49. The Kier molecular flexibility index (Phi) is 3.93. The molecule has 0 spiro atoms. The van der Waals surface area contributed by atoms with Crippen molar-refractivity contribution in [3.8, 4) is 17.1 Å². The summed E-state index contributed by atoms with van der Waals surface area (Å²) in [5.74, 6) is 0.592. The lowest BCUT2D eigenvalue weighted by Gasteiger charge is -2.11. The van der Waals surface area contributed by atoms with Crippen LogP contribution in [0.15, 0.2) is 84.9 Å². The lowest BCUT2D eigenvalue weighted by molar-refractivity contribution is 0.422. The highest BCUT2D eigenvalue weighted by atomic mass is 16.4. The van der Waals surface area contributed by atoms with Crippen molar-refractivity contribution in [1.82, 2.24) is 14.5 Å². The molecule has 0 aliphatic heterocycles. The second-order valence-corrected chi connectivity index (χ2v) is 6.58. The van der Waals surface area contributed by atoms with Gasteiger partial charge in [-0.05, 0) is 12.1 Å². The maximum atomic E-state index is 9.76. The third kappa shape index (κ3) is 2.67. The number of hydrogen-bond acceptors (Lipinski definition) is 4. The largest absolute Gasteiger partial charge is 0.528 e. The third-order valence-corrected chi connectivity index (χ3v) is 4.84. The highest BCUT2D eigenvalue weighted by molar-refractivity contribution is 6.56. The van der Waals surface area contributed by atoms with Gasteiger partial charge in [-0.25, -0.2) is 9.97 Å². The average Bonchev–Trinajstić information content (AvgIpc) is 3.08. The second-order valence-electron chi connectivity index (χ2n) is 6.58. The quantitative estimate of drug-likeness (QED) is 0.483. The first-order valence-electron chi connectivity index (χ1n) is 9.01. The molecule has 5 aromatic rings. The van der Waals surface area contributed by atoms with E-state index in [1.165, 1.54) is 0 Å². The monoisotopic (exact) mass is 365 g/mol. The molecule has 28 heavy (non-hydrogen) atoms. The van der Waals surface area contributed by atoms with Crippen LogP contribution < -0.4 is 5.72 Å². The van der Waals surface area contributed by atoms with E-state index in [2.05, 4.69) is 22.1 Å². The smallest absolute Gasteiger partial charge is 0.421 e. The van der Waals surface area contributed by atoms with E-state index in [4.69, 9.17) is 0 Å². The molecule has 0 aliphatic rings. The Morgan fingerprint density at radius 1 is 0.679 bits per heavy atom. The van der Waals surface area contributed by atoms with Crippen LogP contribution in [0.3, 0.4) is 0 Å². The lowest BCUT2D eigenvalue weighted by atomic mass is 9.90. The number of para-hydroxylation sites is 2. The maximum Gasteiger partial charge on any atom is 0.528 e. The summed E-state index contributed by atoms with van der Waals surface area (Å²) < 4.78 is 2.03. The first-order valence-corrected chi connectivity index (χ1v) is 9.01. The average molecular weight is 365 g/mol. The van der Waals surface area contributed by atoms with Crippen molar-refractivity contribution in [2.45, 2.75) is 0 Å². The predicted octanol–water partition coefficient (Wildman–Crippen LogP) is 2.92. The van der Waals surface area contributed by atoms with Crippen LogP contribution in [-0.4, -0.2) is 31.7 Å². The Bertz CT molecular complexity index is 1250. The van der Waals surface area contributed by atoms with Gasteiger partial charge in [-0.1, -0.05) is 66.7 Å². The normalized spacial score (nSPS) is 11.2. The molecule has 134 valence electrons. The molecule has 0 radical (unpaired) electrons. The number of fused-ring (bicyclic) bond motifs is 3. The van der Waals surface area contributed by atoms with Crippen molar-refractivity contribution in [1.29, 1.82) is 0 Å². The number of aromatic nitrogens is 3. The summed E-state index contributed by atoms with van der Waals surface area (Å²) >= 11 is 0. The molecule has 0 saturated carbocycles. The summed E-state index contributed by atoms with van der Waals surface area (Å²) in [5, 5.41) is 21.8. The van der Waals surface area contributed by atoms with Crippen molar-refractivity contribution in [2.24, 2.45) is 0 Å². The van der Waals surface area contributed by atoms with Crippen LogP contribution in [0, 0.1) is 0 Å². The van der Waals surface area contributed by atoms with Gasteiger partial charge in [-0.2, -0.15) is 0 Å². The molecule has 0 unspecified atom stereocenters. The molecule has 0 amide bonds. The Labute approximate surface area is 161 Å². The van der Waals surface area contributed by atoms with Crippen LogP contribution in [0.4, 0.5) is 0 Å². The maximum absolute atomic E-state index is 9.76. The highest BCUT2D eigenvalue weighted by Crippen LogP contribution is 2.31. The van der Waals surface area contributed by atoms with Crippen molar-refractivity contribution in [3.05, 3.63) is 84.9 Å². The Hall–Kier alpha value is -3.48. The van der Waals surface area contributed by atoms with E-state index in [0.717, 1.165) is 27.4 Å². The molecular weight excluding hydrogens is 349 g/mol. The fourth-order valence-corrected chi connectivity index (χ4v) is 3.61. The number of rotatable bonds is 3. The van der Waals surface area contributed by atoms with Crippen LogP contribution in [0.25, 0.3) is 38.9 Å². The molecule has 2 aromatic heterocycles. The van der Waals surface area contributed by atoms with Crippen molar-refractivity contribution in [2.75, 3.05) is 0 Å². The Balaban J connectivity index is 1.85. The van der Waals surface area contributed by atoms with Crippen LogP contribution in [0.2, 0.25) is 0 Å². The standard InChI is InChI=1S/C22H16BN3O2/c27-23(28)22-24-18(15-8-2-1-3-9-15)14-21(25-22)26-19-12-6-4-10-16(19)17-11-5-7-13-20(17)26/h1-14,27-28H. The molecule has 0 aliphatic carbocycles. The SMILES string of the molecule is OB(O)c1nc(-c2ccccc2)cc(-n2c3ccccc3c3ccccc32)n1. The van der Waals surface area contributed by atoms with Gasteiger partial charge in [-0.15, -0.1) is 0 Å². The van der Waals surface area contributed by atoms with Gasteiger partial charge in [0.2, 0.25) is 0 Å². The van der Waals surface area contributed by atoms with E-state index in [0.29, 0.717) is 11.5 Å². The molecule has 5 nitrogen and oxygen atoms in total. The van der Waals surface area contributed by atoms with E-state index >= 15 is 0 Å². The summed E-state index contributed by atoms with van der Waals surface area (Å²) in [7, 11) is -1.75. The predicted molar refractivity (Wildman–Crippen MR) is 112 cm³/mol. The minimum absolute atomic E-state index is 0.0294. The van der Waals surface area contributed by atoms with Crippen molar-refractivity contribution >= 4 is 34.6 Å². The Morgan fingerprint density at radius 2 is 1.25 bits per heavy atom. The van der Waals surface area contributed by atoms with Crippen LogP contribution in [0.1, 0.15) is 0 Å². The van der Waals surface area contributed by atoms with Crippen LogP contribution in [-0.2, 0) is 0 Å². The molecule has 0 atom stereocenters. The lowest BCUT2D eigenvalue weighted by Crippen LogP contribution is -2.36. The zero-order chi connectivity index (χ0) is 19.1. The van der Waals surface area contributed by atoms with Gasteiger partial charge in [0.1, 0.15) is 5.82 Å². The van der Waals surface area contributed by atoms with E-state index in [9.17, 15) is 10.0 Å². The van der Waals surface area contributed by atoms with Gasteiger partial charge in [0.25, 0.3) is 0 Å². The van der Waals surface area contributed by atoms with Gasteiger partial charge < -0.3 is 10.0 Å². The minimum Gasteiger partial charge on any atom is -0.421 e. The number of benzene rings is 3. The van der Waals surface area contributed by atoms with Gasteiger partial charge in [0, 0.05) is 22.4 Å². The van der Waals surface area contributed by atoms with Gasteiger partial charge >= 0.3 is 7.12 Å². The van der Waals surface area contributed by atoms with Crippen molar-refractivity contribution < 1.29 is 10.0 Å². The summed E-state index contributed by atoms with van der Waals surface area (Å²) in [4.78, 5) is 8.80. The Morgan fingerprint density at radius 3 is 1.86 bits per heavy atom. The van der Waals surface area contributed by atoms with E-state index in [1.54, 1.807) is 0 Å². The fourth-order valence-electron chi connectivity index (χ4n) is 3.61. The van der Waals surface area contributed by atoms with Crippen molar-refractivity contribution in [3.63, 3.8) is 0 Å². The molecule has 6 heteroatoms. The van der Waals surface area contributed by atoms with Gasteiger partial charge in [-0.3, -0.25) is 4.57 Å². The summed E-state index contributed by atoms with van der Waals surface area (Å²) in [6.45, 7) is 0. The molecule has 2 heterocycles. The highest BCUT2D eigenvalue weighted by Gasteiger charge is 2.20. The summed E-state index contributed by atoms with van der Waals surface area (Å²) in [6, 6.07) is 27.7. The van der Waals surface area contributed by atoms with Gasteiger partial charge in [0.05, 0.1) is 16.7 Å². The molecule has 5 rings (SSSR count). The molecule has 0 fully saturated rings. The van der Waals surface area contributed by atoms with E-state index in [1.807, 2.05) is 77.4 Å². The first kappa shape index (κ1) is 16.7. The second kappa shape index (κ2) is 6.60. The van der Waals surface area contributed by atoms with Crippen LogP contribution >= 0.6 is 0 Å². The van der Waals surface area contributed by atoms with E-state index in [-0.39, 0.29) is 5.72 Å². The number of hydrogen-bond donors (Lipinski definition) is 2. The zero-order valence-electron chi connectivity index (χ0n) is 14.9. The van der Waals surface area contributed by atoms with Gasteiger partial charge in [0.15, 0.2) is 5.72 Å². The third-order valence-electron chi connectivity index (χ3n) is 4.84. The summed E-state index contributed by atoms with van der Waals surface area (Å²) in [6.07, 6.45) is 0. The van der Waals surface area contributed by atoms with E-state index < -0.39 is 7.12 Å². The topological polar surface area (TPSA) is 71.2 Å². The molecule has 3 aromatic carbocycles.